The molecule has 0 spiro atoms. The summed E-state index contributed by atoms with van der Waals surface area (Å²) in [6, 6.07) is 11.3. The van der Waals surface area contributed by atoms with E-state index in [1.165, 1.54) is 16.0 Å². The largest absolute Gasteiger partial charge is 0.490 e. The predicted octanol–water partition coefficient (Wildman–Crippen LogP) is 1.80. The van der Waals surface area contributed by atoms with Gasteiger partial charge in [-0.1, -0.05) is 12.1 Å². The molecule has 7 nitrogen and oxygen atoms in total. The zero-order valence-electron chi connectivity index (χ0n) is 18.4. The van der Waals surface area contributed by atoms with Crippen LogP contribution in [0.1, 0.15) is 31.9 Å². The molecule has 31 heavy (non-hydrogen) atoms. The molecule has 7 heteroatoms. The average molecular weight is 425 g/mol. The second-order valence-corrected chi connectivity index (χ2v) is 7.98. The van der Waals surface area contributed by atoms with Gasteiger partial charge >= 0.3 is 0 Å². The number of nitrogens with zero attached hydrogens (tertiary/aromatic N) is 1. The smallest absolute Gasteiger partial charge is 0.285 e. The highest BCUT2D eigenvalue weighted by Gasteiger charge is 2.36. The lowest BCUT2D eigenvalue weighted by atomic mass is 9.97. The molecule has 0 saturated carbocycles. The Bertz CT molecular complexity index is 991. The normalized spacial score (nSPS) is 18.5. The molecule has 1 unspecified atom stereocenters. The molecule has 2 amide bonds. The van der Waals surface area contributed by atoms with Crippen LogP contribution < -0.4 is 24.6 Å². The number of carbonyl (C=O) groups excluding carboxylic acids is 2. The van der Waals surface area contributed by atoms with Gasteiger partial charge in [0.15, 0.2) is 17.5 Å². The van der Waals surface area contributed by atoms with Gasteiger partial charge in [0, 0.05) is 12.0 Å². The summed E-state index contributed by atoms with van der Waals surface area (Å²) in [5.41, 5.74) is 3.88. The van der Waals surface area contributed by atoms with Gasteiger partial charge in [0.25, 0.3) is 5.91 Å². The third-order valence-electron chi connectivity index (χ3n) is 6.02. The topological polar surface area (TPSA) is 72.3 Å². The van der Waals surface area contributed by atoms with Gasteiger partial charge in [0.1, 0.15) is 13.1 Å². The molecular formula is C24H30N3O4+. The molecule has 2 aromatic rings. The van der Waals surface area contributed by atoms with E-state index in [0.717, 1.165) is 36.7 Å². The van der Waals surface area contributed by atoms with Gasteiger partial charge in [-0.2, -0.15) is 0 Å². The summed E-state index contributed by atoms with van der Waals surface area (Å²) in [6.07, 6.45) is 0.867. The molecule has 0 bridgehead atoms. The second-order valence-electron chi connectivity index (χ2n) is 7.98. The Morgan fingerprint density at radius 3 is 2.52 bits per heavy atom. The Morgan fingerprint density at radius 2 is 1.81 bits per heavy atom. The van der Waals surface area contributed by atoms with Crippen LogP contribution in [0.3, 0.4) is 0 Å². The van der Waals surface area contributed by atoms with Crippen LogP contribution in [0.2, 0.25) is 0 Å². The van der Waals surface area contributed by atoms with Crippen molar-refractivity contribution in [1.82, 2.24) is 0 Å². The summed E-state index contributed by atoms with van der Waals surface area (Å²) in [4.78, 5) is 28.4. The summed E-state index contributed by atoms with van der Waals surface area (Å²) in [7, 11) is 0. The molecular weight excluding hydrogens is 394 g/mol. The first-order chi connectivity index (χ1) is 15.0. The molecule has 164 valence electrons. The van der Waals surface area contributed by atoms with Gasteiger partial charge < -0.3 is 19.7 Å². The summed E-state index contributed by atoms with van der Waals surface area (Å²) >= 11 is 0. The number of nitrogens with one attached hydrogen (secondary N) is 2. The quantitative estimate of drug-likeness (QED) is 0.742. The van der Waals surface area contributed by atoms with Gasteiger partial charge in [0.2, 0.25) is 5.91 Å². The minimum Gasteiger partial charge on any atom is -0.490 e. The molecule has 2 N–H and O–H groups in total. The number of para-hydroxylation sites is 2. The van der Waals surface area contributed by atoms with E-state index in [2.05, 4.69) is 17.4 Å². The van der Waals surface area contributed by atoms with Gasteiger partial charge in [-0.05, 0) is 50.6 Å². The highest BCUT2D eigenvalue weighted by molar-refractivity contribution is 6.10. The fraction of sp³-hybridized carbons (Fsp3) is 0.417. The van der Waals surface area contributed by atoms with E-state index in [1.54, 1.807) is 4.90 Å². The van der Waals surface area contributed by atoms with Crippen LogP contribution in [0.25, 0.3) is 0 Å². The van der Waals surface area contributed by atoms with Crippen LogP contribution >= 0.6 is 0 Å². The zero-order valence-corrected chi connectivity index (χ0v) is 18.4. The first-order valence-corrected chi connectivity index (χ1v) is 11.0. The summed E-state index contributed by atoms with van der Waals surface area (Å²) < 4.78 is 11.6. The summed E-state index contributed by atoms with van der Waals surface area (Å²) in [6.45, 7) is 8.67. The molecule has 2 heterocycles. The number of carbonyl (C=O) groups is 2. The fourth-order valence-electron chi connectivity index (χ4n) is 4.41. The van der Waals surface area contributed by atoms with Gasteiger partial charge in [-0.15, -0.1) is 0 Å². The third-order valence-corrected chi connectivity index (χ3v) is 6.02. The number of fused-ring (bicyclic) bond motifs is 2. The Hall–Kier alpha value is -3.06. The molecule has 0 aliphatic carbocycles. The van der Waals surface area contributed by atoms with Gasteiger partial charge in [-0.3, -0.25) is 14.5 Å². The highest BCUT2D eigenvalue weighted by atomic mass is 16.5. The number of rotatable bonds is 6. The van der Waals surface area contributed by atoms with Crippen molar-refractivity contribution in [1.29, 1.82) is 0 Å². The molecule has 0 fully saturated rings. The maximum Gasteiger partial charge on any atom is 0.285 e. The van der Waals surface area contributed by atoms with E-state index in [-0.39, 0.29) is 24.4 Å². The van der Waals surface area contributed by atoms with E-state index in [9.17, 15) is 9.59 Å². The summed E-state index contributed by atoms with van der Waals surface area (Å²) in [5, 5.41) is 2.84. The number of anilines is 2. The predicted molar refractivity (Wildman–Crippen MR) is 119 cm³/mol. The van der Waals surface area contributed by atoms with Gasteiger partial charge in [0.05, 0.1) is 31.1 Å². The first-order valence-electron chi connectivity index (χ1n) is 11.0. The highest BCUT2D eigenvalue weighted by Crippen LogP contribution is 2.32. The van der Waals surface area contributed by atoms with Crippen molar-refractivity contribution in [2.75, 3.05) is 36.5 Å². The molecule has 2 aromatic carbocycles. The molecule has 0 radical (unpaired) electrons. The molecule has 4 rings (SSSR count). The van der Waals surface area contributed by atoms with E-state index < -0.39 is 0 Å². The summed E-state index contributed by atoms with van der Waals surface area (Å²) in [5.74, 6) is 1.34. The van der Waals surface area contributed by atoms with Crippen molar-refractivity contribution in [2.24, 2.45) is 0 Å². The van der Waals surface area contributed by atoms with Crippen LogP contribution in [-0.2, 0) is 22.6 Å². The van der Waals surface area contributed by atoms with E-state index in [4.69, 9.17) is 9.47 Å². The second kappa shape index (κ2) is 8.98. The van der Waals surface area contributed by atoms with Gasteiger partial charge in [-0.25, -0.2) is 0 Å². The number of ether oxygens (including phenoxy) is 2. The Balaban J connectivity index is 1.55. The molecule has 0 aromatic heterocycles. The van der Waals surface area contributed by atoms with E-state index >= 15 is 0 Å². The number of quaternary nitrogens is 1. The Kier molecular flexibility index (Phi) is 6.13. The van der Waals surface area contributed by atoms with Crippen molar-refractivity contribution in [3.63, 3.8) is 0 Å². The molecule has 0 saturated heterocycles. The van der Waals surface area contributed by atoms with Crippen LogP contribution in [0.5, 0.6) is 11.5 Å². The average Bonchev–Trinajstić information content (AvgIpc) is 2.78. The number of amides is 2. The maximum absolute atomic E-state index is 13.4. The Labute approximate surface area is 182 Å². The minimum absolute atomic E-state index is 0.0308. The SMILES string of the molecule is CCOc1cc2c(cc1OCC)C[NH+]([C@H](C)C(=O)N1CC(=O)Nc3ccccc31)CC2. The van der Waals surface area contributed by atoms with Crippen molar-refractivity contribution >= 4 is 23.2 Å². The van der Waals surface area contributed by atoms with Crippen molar-refractivity contribution in [3.05, 3.63) is 47.5 Å². The standard InChI is InChI=1S/C24H29N3O4/c1-4-30-21-12-17-10-11-26(14-18(17)13-22(21)31-5-2)16(3)24(29)27-15-23(28)25-19-8-6-7-9-20(19)27/h6-9,12-13,16H,4-5,10-11,14-15H2,1-3H3,(H,25,28)/p+1/t16-/m1/s1. The van der Waals surface area contributed by atoms with E-state index in [1.807, 2.05) is 45.0 Å². The molecule has 2 aliphatic heterocycles. The Morgan fingerprint density at radius 1 is 1.13 bits per heavy atom. The van der Waals surface area contributed by atoms with Crippen molar-refractivity contribution in [3.8, 4) is 11.5 Å². The lowest BCUT2D eigenvalue weighted by Gasteiger charge is -2.35. The fourth-order valence-corrected chi connectivity index (χ4v) is 4.41. The maximum atomic E-state index is 13.4. The monoisotopic (exact) mass is 424 g/mol. The third kappa shape index (κ3) is 4.23. The number of hydrogen-bond donors (Lipinski definition) is 2. The number of hydrogen-bond acceptors (Lipinski definition) is 4. The lowest BCUT2D eigenvalue weighted by Crippen LogP contribution is -3.16. The first kappa shape index (κ1) is 21.2. The molecule has 2 aliphatic rings. The van der Waals surface area contributed by atoms with Crippen LogP contribution in [0, 0.1) is 0 Å². The van der Waals surface area contributed by atoms with Crippen LogP contribution in [0.4, 0.5) is 11.4 Å². The minimum atomic E-state index is -0.269. The number of benzene rings is 2. The van der Waals surface area contributed by atoms with Crippen molar-refractivity contribution in [2.45, 2.75) is 39.8 Å². The van der Waals surface area contributed by atoms with E-state index in [0.29, 0.717) is 18.9 Å². The zero-order chi connectivity index (χ0) is 22.0. The van der Waals surface area contributed by atoms with Crippen molar-refractivity contribution < 1.29 is 24.0 Å². The lowest BCUT2D eigenvalue weighted by molar-refractivity contribution is -0.929. The molecule has 2 atom stereocenters. The van der Waals surface area contributed by atoms with Crippen LogP contribution in [-0.4, -0.2) is 44.2 Å². The van der Waals surface area contributed by atoms with Crippen LogP contribution in [0.15, 0.2) is 36.4 Å².